The summed E-state index contributed by atoms with van der Waals surface area (Å²) in [5, 5.41) is 0.677. The number of thiazole rings is 1. The molecule has 2 aromatic rings. The van der Waals surface area contributed by atoms with Crippen LogP contribution in [0.2, 0.25) is 0 Å². The Balaban J connectivity index is 1.86. The van der Waals surface area contributed by atoms with Crippen LogP contribution in [-0.2, 0) is 4.74 Å². The fourth-order valence-corrected chi connectivity index (χ4v) is 3.57. The molecule has 1 amide bonds. The highest BCUT2D eigenvalue weighted by Gasteiger charge is 2.29. The molecule has 1 aliphatic heterocycles. The van der Waals surface area contributed by atoms with E-state index in [1.807, 2.05) is 25.7 Å². The predicted octanol–water partition coefficient (Wildman–Crippen LogP) is 2.16. The van der Waals surface area contributed by atoms with E-state index in [0.717, 1.165) is 5.69 Å². The number of morpholine rings is 1. The third-order valence-electron chi connectivity index (χ3n) is 3.45. The predicted molar refractivity (Wildman–Crippen MR) is 83.8 cm³/mol. The minimum Gasteiger partial charge on any atom is -0.372 e. The number of hydrogen-bond acceptors (Lipinski definition) is 6. The summed E-state index contributed by atoms with van der Waals surface area (Å²) in [7, 11) is 0. The number of hydrogen-bond donors (Lipinski definition) is 0. The molecule has 0 saturated carbocycles. The van der Waals surface area contributed by atoms with E-state index >= 15 is 0 Å². The maximum atomic E-state index is 12.8. The van der Waals surface area contributed by atoms with E-state index in [0.29, 0.717) is 28.8 Å². The fraction of sp³-hybridized carbons (Fsp3) is 0.467. The van der Waals surface area contributed by atoms with Gasteiger partial charge in [-0.15, -0.1) is 11.3 Å². The second kappa shape index (κ2) is 6.10. The zero-order valence-electron chi connectivity index (χ0n) is 12.8. The van der Waals surface area contributed by atoms with Crippen LogP contribution < -0.4 is 0 Å². The van der Waals surface area contributed by atoms with Crippen LogP contribution in [0, 0.1) is 6.92 Å². The molecule has 0 spiro atoms. The number of amides is 1. The van der Waals surface area contributed by atoms with Crippen molar-refractivity contribution < 1.29 is 9.53 Å². The van der Waals surface area contributed by atoms with Crippen molar-refractivity contribution in [3.63, 3.8) is 0 Å². The Bertz CT molecular complexity index is 663. The molecule has 116 valence electrons. The van der Waals surface area contributed by atoms with Gasteiger partial charge in [0, 0.05) is 25.5 Å². The van der Waals surface area contributed by atoms with E-state index in [1.165, 1.54) is 11.3 Å². The number of aryl methyl sites for hydroxylation is 1. The molecule has 1 aliphatic rings. The Morgan fingerprint density at radius 3 is 2.55 bits per heavy atom. The normalized spacial score (nSPS) is 21.9. The van der Waals surface area contributed by atoms with Gasteiger partial charge in [-0.25, -0.2) is 15.0 Å². The lowest BCUT2D eigenvalue weighted by Gasteiger charge is -2.35. The van der Waals surface area contributed by atoms with Gasteiger partial charge in [-0.3, -0.25) is 4.79 Å². The molecule has 2 aromatic heterocycles. The second-order valence-electron chi connectivity index (χ2n) is 5.47. The van der Waals surface area contributed by atoms with E-state index in [2.05, 4.69) is 15.0 Å². The molecule has 7 heteroatoms. The molecule has 0 bridgehead atoms. The first kappa shape index (κ1) is 15.1. The van der Waals surface area contributed by atoms with E-state index in [1.54, 1.807) is 18.5 Å². The van der Waals surface area contributed by atoms with Crippen molar-refractivity contribution in [3.8, 4) is 10.8 Å². The van der Waals surface area contributed by atoms with E-state index in [-0.39, 0.29) is 18.1 Å². The van der Waals surface area contributed by atoms with Crippen molar-refractivity contribution in [1.29, 1.82) is 0 Å². The molecular weight excluding hydrogens is 300 g/mol. The lowest BCUT2D eigenvalue weighted by Crippen LogP contribution is -2.48. The largest absolute Gasteiger partial charge is 0.372 e. The first-order valence-electron chi connectivity index (χ1n) is 7.24. The molecule has 1 saturated heterocycles. The van der Waals surface area contributed by atoms with Gasteiger partial charge in [0.1, 0.15) is 4.88 Å². The molecule has 1 fully saturated rings. The lowest BCUT2D eigenvalue weighted by atomic mass is 10.2. The molecule has 2 atom stereocenters. The lowest BCUT2D eigenvalue weighted by molar-refractivity contribution is -0.0585. The SMILES string of the molecule is Cc1nc(-c2ncccn2)sc1C(=O)N1CC(C)OC(C)C1. The summed E-state index contributed by atoms with van der Waals surface area (Å²) in [6.07, 6.45) is 3.45. The first-order chi connectivity index (χ1) is 10.5. The quantitative estimate of drug-likeness (QED) is 0.849. The van der Waals surface area contributed by atoms with Crippen LogP contribution in [0.15, 0.2) is 18.5 Å². The van der Waals surface area contributed by atoms with Gasteiger partial charge in [0.15, 0.2) is 10.8 Å². The van der Waals surface area contributed by atoms with Crippen molar-refractivity contribution in [1.82, 2.24) is 19.9 Å². The summed E-state index contributed by atoms with van der Waals surface area (Å²) >= 11 is 1.35. The summed E-state index contributed by atoms with van der Waals surface area (Å²) < 4.78 is 5.68. The molecule has 22 heavy (non-hydrogen) atoms. The molecule has 2 unspecified atom stereocenters. The Hall–Kier alpha value is -1.86. The van der Waals surface area contributed by atoms with E-state index in [9.17, 15) is 4.79 Å². The van der Waals surface area contributed by atoms with Crippen LogP contribution in [-0.4, -0.2) is 51.1 Å². The van der Waals surface area contributed by atoms with Crippen LogP contribution in [0.1, 0.15) is 29.2 Å². The van der Waals surface area contributed by atoms with Crippen molar-refractivity contribution in [2.24, 2.45) is 0 Å². The molecule has 0 aliphatic carbocycles. The van der Waals surface area contributed by atoms with E-state index in [4.69, 9.17) is 4.74 Å². The van der Waals surface area contributed by atoms with Crippen molar-refractivity contribution in [3.05, 3.63) is 29.0 Å². The highest BCUT2D eigenvalue weighted by atomic mass is 32.1. The number of carbonyl (C=O) groups is 1. The van der Waals surface area contributed by atoms with Gasteiger partial charge in [-0.1, -0.05) is 0 Å². The van der Waals surface area contributed by atoms with E-state index < -0.39 is 0 Å². The summed E-state index contributed by atoms with van der Waals surface area (Å²) in [4.78, 5) is 28.1. The van der Waals surface area contributed by atoms with Gasteiger partial charge in [-0.05, 0) is 26.8 Å². The van der Waals surface area contributed by atoms with Crippen molar-refractivity contribution >= 4 is 17.2 Å². The Kier molecular flexibility index (Phi) is 4.17. The molecule has 3 heterocycles. The summed E-state index contributed by atoms with van der Waals surface area (Å²) in [6.45, 7) is 7.04. The highest BCUT2D eigenvalue weighted by Crippen LogP contribution is 2.27. The average Bonchev–Trinajstić information content (AvgIpc) is 2.88. The smallest absolute Gasteiger partial charge is 0.266 e. The topological polar surface area (TPSA) is 68.2 Å². The van der Waals surface area contributed by atoms with Gasteiger partial charge in [0.05, 0.1) is 17.9 Å². The zero-order chi connectivity index (χ0) is 15.7. The van der Waals surface area contributed by atoms with Crippen LogP contribution >= 0.6 is 11.3 Å². The molecule has 3 rings (SSSR count). The highest BCUT2D eigenvalue weighted by molar-refractivity contribution is 7.17. The Morgan fingerprint density at radius 1 is 1.27 bits per heavy atom. The fourth-order valence-electron chi connectivity index (χ4n) is 2.59. The molecular formula is C15H18N4O2S. The number of rotatable bonds is 2. The molecule has 0 radical (unpaired) electrons. The van der Waals surface area contributed by atoms with Crippen LogP contribution in [0.3, 0.4) is 0 Å². The number of ether oxygens (including phenoxy) is 1. The van der Waals surface area contributed by atoms with Gasteiger partial charge in [-0.2, -0.15) is 0 Å². The summed E-state index contributed by atoms with van der Waals surface area (Å²) in [6, 6.07) is 1.76. The molecule has 0 N–H and O–H groups in total. The standard InChI is InChI=1S/C15H18N4O2S/c1-9-7-19(8-10(2)21-9)15(20)12-11(3)18-14(22-12)13-16-5-4-6-17-13/h4-6,9-10H,7-8H2,1-3H3. The third kappa shape index (κ3) is 3.00. The minimum atomic E-state index is 0.0131. The maximum Gasteiger partial charge on any atom is 0.266 e. The van der Waals surface area contributed by atoms with Crippen LogP contribution in [0.5, 0.6) is 0 Å². The van der Waals surface area contributed by atoms with Crippen molar-refractivity contribution in [2.45, 2.75) is 33.0 Å². The number of nitrogens with zero attached hydrogens (tertiary/aromatic N) is 4. The van der Waals surface area contributed by atoms with Crippen LogP contribution in [0.25, 0.3) is 10.8 Å². The minimum absolute atomic E-state index is 0.0131. The number of aromatic nitrogens is 3. The average molecular weight is 318 g/mol. The number of carbonyl (C=O) groups excluding carboxylic acids is 1. The third-order valence-corrected chi connectivity index (χ3v) is 4.60. The Morgan fingerprint density at radius 2 is 1.91 bits per heavy atom. The van der Waals surface area contributed by atoms with Crippen molar-refractivity contribution in [2.75, 3.05) is 13.1 Å². The monoisotopic (exact) mass is 318 g/mol. The van der Waals surface area contributed by atoms with Gasteiger partial charge in [0.25, 0.3) is 5.91 Å². The zero-order valence-corrected chi connectivity index (χ0v) is 13.6. The second-order valence-corrected chi connectivity index (χ2v) is 6.47. The molecule has 0 aromatic carbocycles. The maximum absolute atomic E-state index is 12.8. The first-order valence-corrected chi connectivity index (χ1v) is 8.06. The van der Waals surface area contributed by atoms with Crippen LogP contribution in [0.4, 0.5) is 0 Å². The van der Waals surface area contributed by atoms with Gasteiger partial charge in [0.2, 0.25) is 0 Å². The Labute approximate surface area is 133 Å². The molecule has 6 nitrogen and oxygen atoms in total. The summed E-state index contributed by atoms with van der Waals surface area (Å²) in [5.41, 5.74) is 0.726. The van der Waals surface area contributed by atoms with Gasteiger partial charge >= 0.3 is 0 Å². The summed E-state index contributed by atoms with van der Waals surface area (Å²) in [5.74, 6) is 0.567. The van der Waals surface area contributed by atoms with Gasteiger partial charge < -0.3 is 9.64 Å².